The molecule has 6 nitrogen and oxygen atoms in total. The first kappa shape index (κ1) is 17.5. The molecule has 22 heavy (non-hydrogen) atoms. The normalized spacial score (nSPS) is 16.2. The molecule has 1 aliphatic rings. The molecule has 122 valence electrons. The van der Waals surface area contributed by atoms with Gasteiger partial charge < -0.3 is 14.9 Å². The Morgan fingerprint density at radius 3 is 2.32 bits per heavy atom. The highest BCUT2D eigenvalue weighted by Gasteiger charge is 2.27. The zero-order valence-corrected chi connectivity index (χ0v) is 15.0. The molecular weight excluding hydrogens is 342 g/mol. The van der Waals surface area contributed by atoms with Crippen molar-refractivity contribution >= 4 is 46.8 Å². The first-order valence-electron chi connectivity index (χ1n) is 6.92. The lowest BCUT2D eigenvalue weighted by atomic mass is 10.2. The second kappa shape index (κ2) is 7.60. The van der Waals surface area contributed by atoms with Gasteiger partial charge in [-0.15, -0.1) is 22.7 Å². The van der Waals surface area contributed by atoms with Crippen LogP contribution >= 0.6 is 34.9 Å². The van der Waals surface area contributed by atoms with Gasteiger partial charge in [0.1, 0.15) is 12.9 Å². The summed E-state index contributed by atoms with van der Waals surface area (Å²) in [6, 6.07) is 0. The van der Waals surface area contributed by atoms with Crippen molar-refractivity contribution in [2.45, 2.75) is 0 Å². The molecule has 1 saturated heterocycles. The predicted molar refractivity (Wildman–Crippen MR) is 90.9 cm³/mol. The van der Waals surface area contributed by atoms with E-state index in [0.29, 0.717) is 16.2 Å². The van der Waals surface area contributed by atoms with Crippen LogP contribution in [0.5, 0.6) is 0 Å². The van der Waals surface area contributed by atoms with E-state index in [4.69, 9.17) is 12.2 Å². The van der Waals surface area contributed by atoms with Crippen molar-refractivity contribution in [2.75, 3.05) is 53.4 Å². The number of carboxylic acid groups (broad SMARTS) is 1. The number of nitrogens with zero attached hydrogens (tertiary/aromatic N) is 3. The van der Waals surface area contributed by atoms with Gasteiger partial charge in [-0.05, 0) is 14.1 Å². The maximum atomic E-state index is 12.5. The number of piperazine rings is 1. The van der Waals surface area contributed by atoms with Crippen LogP contribution in [0.1, 0.15) is 19.3 Å². The van der Waals surface area contributed by atoms with Crippen LogP contribution in [0.25, 0.3) is 0 Å². The molecule has 1 aliphatic heterocycles. The number of amides is 1. The number of hydrogen-bond donors (Lipinski definition) is 1. The summed E-state index contributed by atoms with van der Waals surface area (Å²) in [5.74, 6) is -1.28. The molecule has 0 spiro atoms. The van der Waals surface area contributed by atoms with Crippen LogP contribution in [0.2, 0.25) is 0 Å². The third-order valence-electron chi connectivity index (χ3n) is 3.49. The molecule has 1 fully saturated rings. The van der Waals surface area contributed by atoms with Crippen molar-refractivity contribution in [1.29, 1.82) is 0 Å². The van der Waals surface area contributed by atoms with Crippen LogP contribution in [0, 0.1) is 3.14 Å². The molecule has 1 aromatic heterocycles. The Hall–Kier alpha value is -0.870. The van der Waals surface area contributed by atoms with E-state index >= 15 is 0 Å². The summed E-state index contributed by atoms with van der Waals surface area (Å²) in [5.41, 5.74) is 0. The topological polar surface area (TPSA) is 64.1 Å². The molecule has 0 radical (unpaired) electrons. The van der Waals surface area contributed by atoms with Crippen LogP contribution in [-0.4, -0.2) is 85.0 Å². The molecule has 0 aromatic carbocycles. The van der Waals surface area contributed by atoms with Crippen LogP contribution in [0.15, 0.2) is 0 Å². The van der Waals surface area contributed by atoms with Gasteiger partial charge in [-0.25, -0.2) is 4.79 Å². The quantitative estimate of drug-likeness (QED) is 0.803. The van der Waals surface area contributed by atoms with Gasteiger partial charge in [0, 0.05) is 39.3 Å². The van der Waals surface area contributed by atoms with Gasteiger partial charge in [0.2, 0.25) is 0 Å². The minimum Gasteiger partial charge on any atom is -0.477 e. The second-order valence-corrected chi connectivity index (χ2v) is 8.58. The Bertz CT molecular complexity index is 603. The van der Waals surface area contributed by atoms with Gasteiger partial charge in [-0.1, -0.05) is 12.2 Å². The highest BCUT2D eigenvalue weighted by molar-refractivity contribution is 7.76. The molecule has 1 N–H and O–H groups in total. The first-order valence-corrected chi connectivity index (χ1v) is 8.96. The van der Waals surface area contributed by atoms with Crippen molar-refractivity contribution in [2.24, 2.45) is 0 Å². The summed E-state index contributed by atoms with van der Waals surface area (Å²) in [7, 11) is 4.08. The molecule has 2 heterocycles. The highest BCUT2D eigenvalue weighted by atomic mass is 32.2. The largest absolute Gasteiger partial charge is 0.477 e. The summed E-state index contributed by atoms with van der Waals surface area (Å²) in [6.45, 7) is 4.85. The highest BCUT2D eigenvalue weighted by Crippen LogP contribution is 2.26. The summed E-state index contributed by atoms with van der Waals surface area (Å²) in [6.07, 6.45) is 0. The molecule has 1 amide bonds. The molecule has 0 bridgehead atoms. The zero-order chi connectivity index (χ0) is 16.3. The lowest BCUT2D eigenvalue weighted by molar-refractivity contribution is 0.0617. The fourth-order valence-corrected chi connectivity index (χ4v) is 4.64. The van der Waals surface area contributed by atoms with E-state index < -0.39 is 5.97 Å². The van der Waals surface area contributed by atoms with Crippen LogP contribution in [0.3, 0.4) is 0 Å². The van der Waals surface area contributed by atoms with Gasteiger partial charge in [0.05, 0.1) is 0 Å². The third-order valence-corrected chi connectivity index (χ3v) is 6.12. The summed E-state index contributed by atoms with van der Waals surface area (Å²) in [5, 5.41) is 9.18. The second-order valence-electron chi connectivity index (χ2n) is 5.35. The Labute approximate surface area is 142 Å². The zero-order valence-electron chi connectivity index (χ0n) is 12.6. The molecule has 9 heteroatoms. The Morgan fingerprint density at radius 2 is 1.77 bits per heavy atom. The Kier molecular flexibility index (Phi) is 6.04. The van der Waals surface area contributed by atoms with Gasteiger partial charge in [-0.3, -0.25) is 9.69 Å². The fourth-order valence-electron chi connectivity index (χ4n) is 2.22. The van der Waals surface area contributed by atoms with E-state index in [0.717, 1.165) is 48.9 Å². The average molecular weight is 362 g/mol. The smallest absolute Gasteiger partial charge is 0.347 e. The summed E-state index contributed by atoms with van der Waals surface area (Å²) >= 11 is 7.13. The monoisotopic (exact) mass is 361 g/mol. The van der Waals surface area contributed by atoms with Crippen LogP contribution in [-0.2, 0) is 0 Å². The van der Waals surface area contributed by atoms with E-state index in [9.17, 15) is 14.7 Å². The lowest BCUT2D eigenvalue weighted by Gasteiger charge is -2.35. The lowest BCUT2D eigenvalue weighted by Crippen LogP contribution is -2.50. The van der Waals surface area contributed by atoms with E-state index in [-0.39, 0.29) is 15.7 Å². The molecule has 0 atom stereocenters. The Morgan fingerprint density at radius 1 is 1.18 bits per heavy atom. The maximum absolute atomic E-state index is 12.5. The third kappa shape index (κ3) is 4.32. The van der Waals surface area contributed by atoms with Gasteiger partial charge in [-0.2, -0.15) is 0 Å². The number of carbonyl (C=O) groups is 2. The minimum absolute atomic E-state index is 0.0648. The van der Waals surface area contributed by atoms with E-state index in [1.165, 1.54) is 0 Å². The number of likely N-dealkylation sites (N-methyl/N-ethyl adjacent to an activating group) is 1. The van der Waals surface area contributed by atoms with Gasteiger partial charge in [0.15, 0.2) is 0 Å². The predicted octanol–water partition coefficient (Wildman–Crippen LogP) is 1.56. The molecule has 2 rings (SSSR count). The van der Waals surface area contributed by atoms with Crippen molar-refractivity contribution in [1.82, 2.24) is 14.7 Å². The minimum atomic E-state index is -1.08. The summed E-state index contributed by atoms with van der Waals surface area (Å²) < 4.78 is 0.477. The fraction of sp³-hybridized carbons (Fsp3) is 0.615. The number of rotatable bonds is 5. The Balaban J connectivity index is 1.98. The summed E-state index contributed by atoms with van der Waals surface area (Å²) in [4.78, 5) is 30.2. The maximum Gasteiger partial charge on any atom is 0.347 e. The van der Waals surface area contributed by atoms with Crippen LogP contribution in [0.4, 0.5) is 0 Å². The number of carbonyl (C=O) groups excluding carboxylic acids is 1. The molecule has 1 aromatic rings. The van der Waals surface area contributed by atoms with Gasteiger partial charge in [0.25, 0.3) is 5.91 Å². The van der Waals surface area contributed by atoms with Crippen molar-refractivity contribution in [3.8, 4) is 0 Å². The average Bonchev–Trinajstić information content (AvgIpc) is 2.87. The van der Waals surface area contributed by atoms with Crippen LogP contribution < -0.4 is 0 Å². The standard InChI is InChI=1S/C13H19N3O3S3/c1-14(2)3-4-15-5-7-16(8-6-15)11(17)9-10(12(18)19)22-13(20)21-9/h3-8H2,1-2H3,(H,18,19). The SMILES string of the molecule is CN(C)CCN1CCN(C(=O)c2sc(=S)sc2C(=O)O)CC1. The van der Waals surface area contributed by atoms with E-state index in [1.807, 2.05) is 14.1 Å². The van der Waals surface area contributed by atoms with Crippen molar-refractivity contribution in [3.05, 3.63) is 12.9 Å². The number of hydrogen-bond acceptors (Lipinski definition) is 7. The molecular formula is C13H19N3O3S3. The van der Waals surface area contributed by atoms with Crippen molar-refractivity contribution in [3.63, 3.8) is 0 Å². The first-order chi connectivity index (χ1) is 10.4. The van der Waals surface area contributed by atoms with Gasteiger partial charge >= 0.3 is 5.97 Å². The number of aromatic carboxylic acids is 1. The molecule has 0 aliphatic carbocycles. The van der Waals surface area contributed by atoms with Crippen molar-refractivity contribution < 1.29 is 14.7 Å². The van der Waals surface area contributed by atoms with E-state index in [2.05, 4.69) is 9.80 Å². The number of carboxylic acids is 1. The van der Waals surface area contributed by atoms with E-state index in [1.54, 1.807) is 4.90 Å². The molecule has 0 saturated carbocycles. The molecule has 0 unspecified atom stereocenters.